The number of aromatic nitrogens is 1. The second-order valence-corrected chi connectivity index (χ2v) is 5.41. The highest BCUT2D eigenvalue weighted by molar-refractivity contribution is 7.09. The second kappa shape index (κ2) is 6.73. The first kappa shape index (κ1) is 17.2. The van der Waals surface area contributed by atoms with Crippen molar-refractivity contribution in [2.75, 3.05) is 13.1 Å². The van der Waals surface area contributed by atoms with Crippen molar-refractivity contribution < 1.29 is 18.0 Å². The molecule has 0 spiro atoms. The Balaban J connectivity index is 0.00000200. The van der Waals surface area contributed by atoms with Crippen LogP contribution in [0.1, 0.15) is 28.3 Å². The van der Waals surface area contributed by atoms with E-state index in [-0.39, 0.29) is 37.6 Å². The van der Waals surface area contributed by atoms with Crippen molar-refractivity contribution in [3.8, 4) is 0 Å². The summed E-state index contributed by atoms with van der Waals surface area (Å²) in [6.45, 7) is 0.293. The molecule has 2 heterocycles. The lowest BCUT2D eigenvalue weighted by Crippen LogP contribution is -2.44. The van der Waals surface area contributed by atoms with Gasteiger partial charge in [-0.3, -0.25) is 4.79 Å². The Morgan fingerprint density at radius 2 is 2.25 bits per heavy atom. The summed E-state index contributed by atoms with van der Waals surface area (Å²) in [6, 6.07) is 0. The Bertz CT molecular complexity index is 466. The van der Waals surface area contributed by atoms with E-state index in [0.29, 0.717) is 18.0 Å². The molecule has 1 atom stereocenters. The first-order chi connectivity index (χ1) is 8.91. The lowest BCUT2D eigenvalue weighted by Gasteiger charge is -2.33. The number of nitrogens with two attached hydrogens (primary N) is 1. The number of piperidine rings is 1. The smallest absolute Gasteiger partial charge is 0.337 e. The zero-order chi connectivity index (χ0) is 14.0. The van der Waals surface area contributed by atoms with E-state index < -0.39 is 18.0 Å². The summed E-state index contributed by atoms with van der Waals surface area (Å²) in [7, 11) is 0. The highest BCUT2D eigenvalue weighted by Gasteiger charge is 2.42. The average molecular weight is 330 g/mol. The van der Waals surface area contributed by atoms with E-state index in [2.05, 4.69) is 4.98 Å². The lowest BCUT2D eigenvalue weighted by molar-refractivity contribution is -0.184. The average Bonchev–Trinajstić information content (AvgIpc) is 2.86. The molecule has 1 saturated heterocycles. The molecule has 114 valence electrons. The summed E-state index contributed by atoms with van der Waals surface area (Å²) in [4.78, 5) is 17.3. The molecule has 1 fully saturated rings. The molecule has 0 radical (unpaired) electrons. The molecule has 0 aliphatic carbocycles. The van der Waals surface area contributed by atoms with Gasteiger partial charge in [0.05, 0.1) is 5.92 Å². The molecule has 1 aliphatic heterocycles. The van der Waals surface area contributed by atoms with Gasteiger partial charge in [-0.05, 0) is 12.8 Å². The van der Waals surface area contributed by atoms with Crippen molar-refractivity contribution in [2.24, 2.45) is 11.7 Å². The number of alkyl halides is 3. The van der Waals surface area contributed by atoms with Crippen LogP contribution in [-0.4, -0.2) is 35.1 Å². The van der Waals surface area contributed by atoms with Crippen LogP contribution in [0.5, 0.6) is 0 Å². The molecule has 0 aromatic carbocycles. The number of amides is 1. The molecule has 9 heteroatoms. The summed E-state index contributed by atoms with van der Waals surface area (Å²) in [5.41, 5.74) is 5.58. The Labute approximate surface area is 124 Å². The van der Waals surface area contributed by atoms with Crippen molar-refractivity contribution in [3.63, 3.8) is 0 Å². The van der Waals surface area contributed by atoms with Crippen LogP contribution in [0.15, 0.2) is 5.38 Å². The van der Waals surface area contributed by atoms with Crippen molar-refractivity contribution in [2.45, 2.75) is 25.6 Å². The summed E-state index contributed by atoms with van der Waals surface area (Å²) < 4.78 is 38.0. The number of rotatable bonds is 2. The van der Waals surface area contributed by atoms with Gasteiger partial charge in [-0.25, -0.2) is 4.98 Å². The number of hydrogen-bond donors (Lipinski definition) is 1. The highest BCUT2D eigenvalue weighted by Crippen LogP contribution is 2.33. The fourth-order valence-corrected chi connectivity index (χ4v) is 2.74. The summed E-state index contributed by atoms with van der Waals surface area (Å²) in [5.74, 6) is -1.87. The first-order valence-electron chi connectivity index (χ1n) is 5.92. The fraction of sp³-hybridized carbons (Fsp3) is 0.636. The van der Waals surface area contributed by atoms with E-state index in [4.69, 9.17) is 5.73 Å². The van der Waals surface area contributed by atoms with Crippen molar-refractivity contribution in [3.05, 3.63) is 16.1 Å². The van der Waals surface area contributed by atoms with Crippen LogP contribution in [0.4, 0.5) is 13.2 Å². The summed E-state index contributed by atoms with van der Waals surface area (Å²) >= 11 is 1.24. The third kappa shape index (κ3) is 3.83. The van der Waals surface area contributed by atoms with Gasteiger partial charge in [0.2, 0.25) is 0 Å². The molecular formula is C11H15ClF3N3OS. The molecular weight excluding hydrogens is 315 g/mol. The number of carbonyl (C=O) groups is 1. The van der Waals surface area contributed by atoms with Crippen LogP contribution in [-0.2, 0) is 6.54 Å². The molecule has 1 aliphatic rings. The predicted molar refractivity (Wildman–Crippen MR) is 71.9 cm³/mol. The van der Waals surface area contributed by atoms with Gasteiger partial charge >= 0.3 is 6.18 Å². The molecule has 2 N–H and O–H groups in total. The molecule has 1 aromatic heterocycles. The predicted octanol–water partition coefficient (Wildman–Crippen LogP) is 2.44. The Morgan fingerprint density at radius 1 is 1.55 bits per heavy atom. The van der Waals surface area contributed by atoms with Gasteiger partial charge < -0.3 is 10.6 Å². The number of nitrogens with zero attached hydrogens (tertiary/aromatic N) is 2. The van der Waals surface area contributed by atoms with Gasteiger partial charge in [0.1, 0.15) is 10.7 Å². The number of halogens is 4. The summed E-state index contributed by atoms with van der Waals surface area (Å²) in [6.07, 6.45) is -3.80. The van der Waals surface area contributed by atoms with Crippen molar-refractivity contribution in [1.82, 2.24) is 9.88 Å². The van der Waals surface area contributed by atoms with Crippen molar-refractivity contribution in [1.29, 1.82) is 0 Å². The van der Waals surface area contributed by atoms with E-state index in [1.807, 2.05) is 0 Å². The minimum Gasteiger partial charge on any atom is -0.337 e. The maximum absolute atomic E-state index is 12.7. The summed E-state index contributed by atoms with van der Waals surface area (Å²) in [5, 5.41) is 2.15. The maximum Gasteiger partial charge on any atom is 0.393 e. The molecule has 0 saturated carbocycles. The number of likely N-dealkylation sites (tertiary alicyclic amines) is 1. The van der Waals surface area contributed by atoms with Crippen LogP contribution in [0, 0.1) is 5.92 Å². The van der Waals surface area contributed by atoms with E-state index >= 15 is 0 Å². The zero-order valence-corrected chi connectivity index (χ0v) is 12.2. The van der Waals surface area contributed by atoms with Gasteiger partial charge in [-0.15, -0.1) is 23.7 Å². The van der Waals surface area contributed by atoms with Gasteiger partial charge in [-0.1, -0.05) is 0 Å². The van der Waals surface area contributed by atoms with Crippen LogP contribution >= 0.6 is 23.7 Å². The van der Waals surface area contributed by atoms with Gasteiger partial charge in [0.15, 0.2) is 0 Å². The standard InChI is InChI=1S/C11H14F3N3OS.ClH/c12-11(13,14)7-2-1-3-17(5-7)10(18)8-6-19-9(4-15)16-8;/h6-7H,1-5,15H2;1H. The number of hydrogen-bond acceptors (Lipinski definition) is 4. The normalized spacial score (nSPS) is 19.6. The Hall–Kier alpha value is -0.860. The number of carbonyl (C=O) groups excluding carboxylic acids is 1. The molecule has 2 rings (SSSR count). The molecule has 0 bridgehead atoms. The molecule has 1 aromatic rings. The van der Waals surface area contributed by atoms with Crippen molar-refractivity contribution >= 4 is 29.7 Å². The fourth-order valence-electron chi connectivity index (χ4n) is 2.09. The first-order valence-corrected chi connectivity index (χ1v) is 6.80. The van der Waals surface area contributed by atoms with Crippen LogP contribution < -0.4 is 5.73 Å². The van der Waals surface area contributed by atoms with E-state index in [1.54, 1.807) is 5.38 Å². The van der Waals surface area contributed by atoms with Crippen LogP contribution in [0.3, 0.4) is 0 Å². The van der Waals surface area contributed by atoms with Crippen LogP contribution in [0.2, 0.25) is 0 Å². The minimum atomic E-state index is -4.25. The molecule has 20 heavy (non-hydrogen) atoms. The topological polar surface area (TPSA) is 59.2 Å². The third-order valence-corrected chi connectivity index (χ3v) is 3.99. The van der Waals surface area contributed by atoms with Gasteiger partial charge in [-0.2, -0.15) is 13.2 Å². The lowest BCUT2D eigenvalue weighted by atomic mass is 9.97. The molecule has 4 nitrogen and oxygen atoms in total. The third-order valence-electron chi connectivity index (χ3n) is 3.12. The van der Waals surface area contributed by atoms with E-state index in [0.717, 1.165) is 0 Å². The zero-order valence-electron chi connectivity index (χ0n) is 10.5. The SMILES string of the molecule is Cl.NCc1nc(C(=O)N2CCCC(C(F)(F)F)C2)cs1. The largest absolute Gasteiger partial charge is 0.393 e. The van der Waals surface area contributed by atoms with Gasteiger partial charge in [0, 0.05) is 25.0 Å². The number of thiazole rings is 1. The van der Waals surface area contributed by atoms with E-state index in [1.165, 1.54) is 16.2 Å². The van der Waals surface area contributed by atoms with Crippen LogP contribution in [0.25, 0.3) is 0 Å². The molecule has 1 amide bonds. The minimum absolute atomic E-state index is 0. The molecule has 1 unspecified atom stereocenters. The second-order valence-electron chi connectivity index (χ2n) is 4.46. The highest BCUT2D eigenvalue weighted by atomic mass is 35.5. The Morgan fingerprint density at radius 3 is 2.80 bits per heavy atom. The monoisotopic (exact) mass is 329 g/mol. The maximum atomic E-state index is 12.7. The van der Waals surface area contributed by atoms with Gasteiger partial charge in [0.25, 0.3) is 5.91 Å². The quantitative estimate of drug-likeness (QED) is 0.906. The Kier molecular flexibility index (Phi) is 5.79. The van der Waals surface area contributed by atoms with E-state index in [9.17, 15) is 18.0 Å².